The van der Waals surface area contributed by atoms with Crippen LogP contribution in [0.3, 0.4) is 0 Å². The van der Waals surface area contributed by atoms with Gasteiger partial charge in [-0.2, -0.15) is 0 Å². The molecule has 0 amide bonds. The standard InChI is InChI=1S/C14H21NO3/c1-4-5-14(2,3)15-8-10-6-12-13(7-11(10)16)18-9-17-12/h6-7,15-16H,4-5,8-9H2,1-3H3. The lowest BCUT2D eigenvalue weighted by atomic mass is 9.98. The number of hydrogen-bond acceptors (Lipinski definition) is 4. The largest absolute Gasteiger partial charge is 0.507 e. The van der Waals surface area contributed by atoms with Crippen LogP contribution in [0, 0.1) is 0 Å². The van der Waals surface area contributed by atoms with Crippen molar-refractivity contribution in [2.24, 2.45) is 0 Å². The van der Waals surface area contributed by atoms with Crippen molar-refractivity contribution in [2.45, 2.75) is 45.7 Å². The molecule has 0 bridgehead atoms. The third-order valence-electron chi connectivity index (χ3n) is 3.21. The highest BCUT2D eigenvalue weighted by molar-refractivity contribution is 5.51. The molecule has 1 aromatic rings. The van der Waals surface area contributed by atoms with Crippen LogP contribution < -0.4 is 14.8 Å². The monoisotopic (exact) mass is 251 g/mol. The summed E-state index contributed by atoms with van der Waals surface area (Å²) in [5.41, 5.74) is 0.904. The molecule has 2 rings (SSSR count). The maximum atomic E-state index is 9.93. The van der Waals surface area contributed by atoms with Crippen LogP contribution >= 0.6 is 0 Å². The van der Waals surface area contributed by atoms with Crippen LogP contribution in [0.5, 0.6) is 17.2 Å². The normalized spacial score (nSPS) is 13.9. The molecular weight excluding hydrogens is 230 g/mol. The second-order valence-electron chi connectivity index (χ2n) is 5.32. The number of fused-ring (bicyclic) bond motifs is 1. The van der Waals surface area contributed by atoms with Gasteiger partial charge in [0.2, 0.25) is 6.79 Å². The minimum absolute atomic E-state index is 0.0670. The van der Waals surface area contributed by atoms with Gasteiger partial charge in [0.1, 0.15) is 5.75 Å². The molecule has 0 spiro atoms. The van der Waals surface area contributed by atoms with E-state index in [1.165, 1.54) is 0 Å². The van der Waals surface area contributed by atoms with Gasteiger partial charge in [-0.05, 0) is 26.3 Å². The lowest BCUT2D eigenvalue weighted by Crippen LogP contribution is -2.38. The maximum absolute atomic E-state index is 9.93. The number of rotatable bonds is 5. The van der Waals surface area contributed by atoms with Crippen molar-refractivity contribution < 1.29 is 14.6 Å². The summed E-state index contributed by atoms with van der Waals surface area (Å²) >= 11 is 0. The van der Waals surface area contributed by atoms with Gasteiger partial charge in [0.05, 0.1) is 0 Å². The van der Waals surface area contributed by atoms with E-state index in [9.17, 15) is 5.11 Å². The van der Waals surface area contributed by atoms with Crippen molar-refractivity contribution in [1.29, 1.82) is 0 Å². The third-order valence-corrected chi connectivity index (χ3v) is 3.21. The highest BCUT2D eigenvalue weighted by atomic mass is 16.7. The van der Waals surface area contributed by atoms with E-state index in [4.69, 9.17) is 9.47 Å². The minimum atomic E-state index is 0.0670. The van der Waals surface area contributed by atoms with Gasteiger partial charge in [-0.3, -0.25) is 0 Å². The maximum Gasteiger partial charge on any atom is 0.231 e. The van der Waals surface area contributed by atoms with Gasteiger partial charge >= 0.3 is 0 Å². The smallest absolute Gasteiger partial charge is 0.231 e. The van der Waals surface area contributed by atoms with Gasteiger partial charge in [-0.25, -0.2) is 0 Å². The predicted octanol–water partition coefficient (Wildman–Crippen LogP) is 2.79. The Balaban J connectivity index is 2.06. The molecule has 0 aromatic heterocycles. The molecule has 1 heterocycles. The molecular formula is C14H21NO3. The fourth-order valence-electron chi connectivity index (χ4n) is 2.16. The first-order valence-corrected chi connectivity index (χ1v) is 6.38. The van der Waals surface area contributed by atoms with Crippen LogP contribution in [0.2, 0.25) is 0 Å². The summed E-state index contributed by atoms with van der Waals surface area (Å²) in [5.74, 6) is 1.57. The molecule has 2 N–H and O–H groups in total. The van der Waals surface area contributed by atoms with Gasteiger partial charge in [0.25, 0.3) is 0 Å². The Morgan fingerprint density at radius 1 is 1.28 bits per heavy atom. The Bertz CT molecular complexity index is 429. The number of hydrogen-bond donors (Lipinski definition) is 2. The van der Waals surface area contributed by atoms with Crippen LogP contribution in [-0.2, 0) is 6.54 Å². The first kappa shape index (κ1) is 13.0. The first-order chi connectivity index (χ1) is 8.52. The number of phenols is 1. The van der Waals surface area contributed by atoms with Crippen LogP contribution in [0.25, 0.3) is 0 Å². The molecule has 0 saturated carbocycles. The highest BCUT2D eigenvalue weighted by Crippen LogP contribution is 2.37. The van der Waals surface area contributed by atoms with Crippen molar-refractivity contribution in [3.63, 3.8) is 0 Å². The summed E-state index contributed by atoms with van der Waals surface area (Å²) < 4.78 is 10.5. The molecule has 0 radical (unpaired) electrons. The summed E-state index contributed by atoms with van der Waals surface area (Å²) in [6.45, 7) is 7.35. The number of nitrogens with one attached hydrogen (secondary N) is 1. The van der Waals surface area contributed by atoms with Crippen molar-refractivity contribution in [2.75, 3.05) is 6.79 Å². The molecule has 18 heavy (non-hydrogen) atoms. The Hall–Kier alpha value is -1.42. The molecule has 1 aromatic carbocycles. The van der Waals surface area contributed by atoms with E-state index in [1.807, 2.05) is 6.07 Å². The minimum Gasteiger partial charge on any atom is -0.507 e. The molecule has 0 atom stereocenters. The summed E-state index contributed by atoms with van der Waals surface area (Å²) in [7, 11) is 0. The van der Waals surface area contributed by atoms with Crippen LogP contribution in [0.1, 0.15) is 39.2 Å². The number of aromatic hydroxyl groups is 1. The lowest BCUT2D eigenvalue weighted by molar-refractivity contribution is 0.174. The summed E-state index contributed by atoms with van der Waals surface area (Å²) in [6.07, 6.45) is 2.23. The summed E-state index contributed by atoms with van der Waals surface area (Å²) in [6, 6.07) is 3.46. The Kier molecular flexibility index (Phi) is 3.66. The summed E-state index contributed by atoms with van der Waals surface area (Å²) in [4.78, 5) is 0. The van der Waals surface area contributed by atoms with Gasteiger partial charge < -0.3 is 19.9 Å². The second kappa shape index (κ2) is 5.06. The fourth-order valence-corrected chi connectivity index (χ4v) is 2.16. The van der Waals surface area contributed by atoms with Crippen LogP contribution in [0.4, 0.5) is 0 Å². The zero-order valence-corrected chi connectivity index (χ0v) is 11.2. The second-order valence-corrected chi connectivity index (χ2v) is 5.32. The number of benzene rings is 1. The van der Waals surface area contributed by atoms with E-state index in [-0.39, 0.29) is 18.1 Å². The van der Waals surface area contributed by atoms with Gasteiger partial charge in [-0.15, -0.1) is 0 Å². The average molecular weight is 251 g/mol. The van der Waals surface area contributed by atoms with Crippen molar-refractivity contribution in [3.8, 4) is 17.2 Å². The van der Waals surface area contributed by atoms with E-state index in [1.54, 1.807) is 6.07 Å². The molecule has 1 aliphatic rings. The molecule has 0 unspecified atom stereocenters. The van der Waals surface area contributed by atoms with Crippen molar-refractivity contribution in [3.05, 3.63) is 17.7 Å². The van der Waals surface area contributed by atoms with E-state index < -0.39 is 0 Å². The quantitative estimate of drug-likeness (QED) is 0.845. The van der Waals surface area contributed by atoms with E-state index in [0.717, 1.165) is 18.4 Å². The predicted molar refractivity (Wildman–Crippen MR) is 70.1 cm³/mol. The average Bonchev–Trinajstić information content (AvgIpc) is 2.72. The third kappa shape index (κ3) is 2.88. The lowest BCUT2D eigenvalue weighted by Gasteiger charge is -2.26. The van der Waals surface area contributed by atoms with E-state index >= 15 is 0 Å². The van der Waals surface area contributed by atoms with Gasteiger partial charge in [0, 0.05) is 23.7 Å². The van der Waals surface area contributed by atoms with Crippen molar-refractivity contribution >= 4 is 0 Å². The Labute approximate surface area is 108 Å². The first-order valence-electron chi connectivity index (χ1n) is 6.38. The Morgan fingerprint density at radius 2 is 1.94 bits per heavy atom. The number of ether oxygens (including phenoxy) is 2. The molecule has 4 nitrogen and oxygen atoms in total. The fraction of sp³-hybridized carbons (Fsp3) is 0.571. The van der Waals surface area contributed by atoms with E-state index in [2.05, 4.69) is 26.1 Å². The SMILES string of the molecule is CCCC(C)(C)NCc1cc2c(cc1O)OCO2. The molecule has 0 saturated heterocycles. The molecule has 1 aliphatic heterocycles. The topological polar surface area (TPSA) is 50.7 Å². The molecule has 100 valence electrons. The zero-order valence-electron chi connectivity index (χ0n) is 11.2. The van der Waals surface area contributed by atoms with E-state index in [0.29, 0.717) is 18.0 Å². The zero-order chi connectivity index (χ0) is 13.2. The summed E-state index contributed by atoms with van der Waals surface area (Å²) in [5, 5.41) is 13.4. The Morgan fingerprint density at radius 3 is 2.61 bits per heavy atom. The molecule has 0 fully saturated rings. The molecule has 4 heteroatoms. The van der Waals surface area contributed by atoms with Crippen LogP contribution in [-0.4, -0.2) is 17.4 Å². The molecule has 0 aliphatic carbocycles. The number of phenolic OH excluding ortho intramolecular Hbond substituents is 1. The highest BCUT2D eigenvalue weighted by Gasteiger charge is 2.19. The van der Waals surface area contributed by atoms with Gasteiger partial charge in [-0.1, -0.05) is 13.3 Å². The van der Waals surface area contributed by atoms with Gasteiger partial charge in [0.15, 0.2) is 11.5 Å². The van der Waals surface area contributed by atoms with Crippen LogP contribution in [0.15, 0.2) is 12.1 Å². The van der Waals surface area contributed by atoms with Crippen molar-refractivity contribution in [1.82, 2.24) is 5.32 Å².